The Bertz CT molecular complexity index is 396. The Labute approximate surface area is 114 Å². The smallest absolute Gasteiger partial charge is 0.309 e. The van der Waals surface area contributed by atoms with Crippen molar-refractivity contribution >= 4 is 18.4 Å². The molecule has 18 heavy (non-hydrogen) atoms. The van der Waals surface area contributed by atoms with Gasteiger partial charge < -0.3 is 15.6 Å². The number of aromatic hydroxyl groups is 1. The van der Waals surface area contributed by atoms with E-state index in [0.717, 1.165) is 17.5 Å². The highest BCUT2D eigenvalue weighted by atomic mass is 35.5. The van der Waals surface area contributed by atoms with Gasteiger partial charge in [-0.15, -0.1) is 12.4 Å². The van der Waals surface area contributed by atoms with Crippen molar-refractivity contribution < 1.29 is 14.6 Å². The number of methoxy groups -OCH3 is 1. The first-order valence-corrected chi connectivity index (χ1v) is 5.70. The van der Waals surface area contributed by atoms with Gasteiger partial charge in [-0.1, -0.05) is 19.1 Å². The molecule has 0 saturated heterocycles. The van der Waals surface area contributed by atoms with Crippen molar-refractivity contribution in [3.63, 3.8) is 0 Å². The Hall–Kier alpha value is -1.26. The molecule has 0 amide bonds. The molecule has 0 aliphatic carbocycles. The summed E-state index contributed by atoms with van der Waals surface area (Å²) < 4.78 is 4.60. The van der Waals surface area contributed by atoms with Gasteiger partial charge in [-0.05, 0) is 30.0 Å². The molecule has 5 heteroatoms. The summed E-state index contributed by atoms with van der Waals surface area (Å²) in [6, 6.07) is 5.14. The molecule has 1 rings (SSSR count). The second-order valence-corrected chi connectivity index (χ2v) is 4.09. The van der Waals surface area contributed by atoms with Crippen molar-refractivity contribution in [2.24, 2.45) is 5.73 Å². The number of rotatable bonds is 5. The number of phenols is 1. The summed E-state index contributed by atoms with van der Waals surface area (Å²) >= 11 is 0. The van der Waals surface area contributed by atoms with Crippen LogP contribution >= 0.6 is 12.4 Å². The largest absolute Gasteiger partial charge is 0.508 e. The zero-order valence-electron chi connectivity index (χ0n) is 10.7. The summed E-state index contributed by atoms with van der Waals surface area (Å²) in [6.07, 6.45) is 1.67. The van der Waals surface area contributed by atoms with Crippen LogP contribution in [0, 0.1) is 0 Å². The van der Waals surface area contributed by atoms with Crippen LogP contribution in [0.25, 0.3) is 0 Å². The van der Waals surface area contributed by atoms with Crippen LogP contribution < -0.4 is 5.73 Å². The summed E-state index contributed by atoms with van der Waals surface area (Å²) in [6.45, 7) is 2.00. The molecule has 0 heterocycles. The normalized spacial score (nSPS) is 11.5. The third kappa shape index (κ3) is 4.94. The molecule has 3 N–H and O–H groups in total. The second-order valence-electron chi connectivity index (χ2n) is 4.09. The number of carbonyl (C=O) groups excluding carboxylic acids is 1. The van der Waals surface area contributed by atoms with E-state index in [9.17, 15) is 9.90 Å². The monoisotopic (exact) mass is 273 g/mol. The van der Waals surface area contributed by atoms with Crippen LogP contribution in [0.15, 0.2) is 18.2 Å². The minimum atomic E-state index is -0.290. The van der Waals surface area contributed by atoms with Gasteiger partial charge in [0.2, 0.25) is 0 Å². The van der Waals surface area contributed by atoms with Crippen molar-refractivity contribution in [2.75, 3.05) is 7.11 Å². The third-order valence-electron chi connectivity index (χ3n) is 2.73. The van der Waals surface area contributed by atoms with Gasteiger partial charge >= 0.3 is 5.97 Å². The Morgan fingerprint density at radius 2 is 2.17 bits per heavy atom. The Morgan fingerprint density at radius 3 is 2.72 bits per heavy atom. The van der Waals surface area contributed by atoms with Crippen molar-refractivity contribution in [2.45, 2.75) is 32.2 Å². The predicted octanol–water partition coefficient (Wildman–Crippen LogP) is 1.81. The molecule has 0 radical (unpaired) electrons. The first-order chi connectivity index (χ1) is 8.06. The van der Waals surface area contributed by atoms with Crippen molar-refractivity contribution in [3.05, 3.63) is 29.3 Å². The molecular weight excluding hydrogens is 254 g/mol. The minimum Gasteiger partial charge on any atom is -0.508 e. The number of carbonyl (C=O) groups is 1. The van der Waals surface area contributed by atoms with Crippen LogP contribution in [0.2, 0.25) is 0 Å². The molecule has 102 valence electrons. The summed E-state index contributed by atoms with van der Waals surface area (Å²) in [4.78, 5) is 11.1. The van der Waals surface area contributed by atoms with Gasteiger partial charge in [0, 0.05) is 6.04 Å². The average Bonchev–Trinajstić information content (AvgIpc) is 2.33. The van der Waals surface area contributed by atoms with Gasteiger partial charge in [0.25, 0.3) is 0 Å². The second kappa shape index (κ2) is 7.95. The fourth-order valence-corrected chi connectivity index (χ4v) is 1.58. The van der Waals surface area contributed by atoms with Gasteiger partial charge in [0.15, 0.2) is 0 Å². The van der Waals surface area contributed by atoms with Gasteiger partial charge in [0.05, 0.1) is 13.5 Å². The van der Waals surface area contributed by atoms with E-state index in [1.54, 1.807) is 12.1 Å². The molecule has 1 aromatic rings. The SMILES string of the molecule is CCC(N)Cc1cc(CC(=O)OC)ccc1O.Cl. The standard InChI is InChI=1S/C13H19NO3.ClH/c1-3-11(14)8-10-6-9(4-5-12(10)15)7-13(16)17-2;/h4-6,11,15H,3,7-8,14H2,1-2H3;1H. The lowest BCUT2D eigenvalue weighted by Gasteiger charge is -2.11. The maximum atomic E-state index is 11.1. The molecule has 0 bridgehead atoms. The van der Waals surface area contributed by atoms with Crippen LogP contribution in [-0.2, 0) is 22.4 Å². The molecule has 0 aliphatic rings. The fraction of sp³-hybridized carbons (Fsp3) is 0.462. The summed E-state index contributed by atoms with van der Waals surface area (Å²) in [5.74, 6) is -0.0658. The molecule has 4 nitrogen and oxygen atoms in total. The van der Waals surface area contributed by atoms with E-state index in [0.29, 0.717) is 6.42 Å². The number of phenolic OH excluding ortho intramolecular Hbond substituents is 1. The number of halogens is 1. The zero-order valence-corrected chi connectivity index (χ0v) is 11.5. The Kier molecular flexibility index (Phi) is 7.39. The molecule has 0 aliphatic heterocycles. The minimum absolute atomic E-state index is 0. The summed E-state index contributed by atoms with van der Waals surface area (Å²) in [5.41, 5.74) is 7.45. The lowest BCUT2D eigenvalue weighted by molar-refractivity contribution is -0.139. The molecular formula is C13H20ClNO3. The number of benzene rings is 1. The molecule has 0 saturated carbocycles. The van der Waals surface area contributed by atoms with Crippen LogP contribution in [0.1, 0.15) is 24.5 Å². The Morgan fingerprint density at radius 1 is 1.50 bits per heavy atom. The maximum absolute atomic E-state index is 11.1. The molecule has 1 unspecified atom stereocenters. The first kappa shape index (κ1) is 16.7. The van der Waals surface area contributed by atoms with Crippen molar-refractivity contribution in [1.82, 2.24) is 0 Å². The summed E-state index contributed by atoms with van der Waals surface area (Å²) in [5, 5.41) is 9.70. The van der Waals surface area contributed by atoms with Crippen LogP contribution in [0.4, 0.5) is 0 Å². The van der Waals surface area contributed by atoms with E-state index in [-0.39, 0.29) is 36.6 Å². The molecule has 1 atom stereocenters. The van der Waals surface area contributed by atoms with Gasteiger partial charge in [0.1, 0.15) is 5.75 Å². The molecule has 0 fully saturated rings. The number of esters is 1. The highest BCUT2D eigenvalue weighted by molar-refractivity contribution is 5.85. The number of hydrogen-bond acceptors (Lipinski definition) is 4. The van der Waals surface area contributed by atoms with E-state index < -0.39 is 0 Å². The van der Waals surface area contributed by atoms with Gasteiger partial charge in [-0.3, -0.25) is 4.79 Å². The lowest BCUT2D eigenvalue weighted by atomic mass is 10.0. The number of nitrogens with two attached hydrogens (primary N) is 1. The first-order valence-electron chi connectivity index (χ1n) is 5.70. The highest BCUT2D eigenvalue weighted by Crippen LogP contribution is 2.20. The number of hydrogen-bond donors (Lipinski definition) is 2. The Balaban J connectivity index is 0.00000289. The van der Waals surface area contributed by atoms with Crippen LogP contribution in [0.3, 0.4) is 0 Å². The third-order valence-corrected chi connectivity index (χ3v) is 2.73. The molecule has 1 aromatic carbocycles. The van der Waals surface area contributed by atoms with E-state index in [1.165, 1.54) is 7.11 Å². The summed E-state index contributed by atoms with van der Waals surface area (Å²) in [7, 11) is 1.36. The quantitative estimate of drug-likeness (QED) is 0.803. The molecule has 0 aromatic heterocycles. The predicted molar refractivity (Wildman–Crippen MR) is 73.0 cm³/mol. The topological polar surface area (TPSA) is 72.6 Å². The van der Waals surface area contributed by atoms with Crippen LogP contribution in [0.5, 0.6) is 5.75 Å². The maximum Gasteiger partial charge on any atom is 0.309 e. The van der Waals surface area contributed by atoms with E-state index in [2.05, 4.69) is 4.74 Å². The fourth-order valence-electron chi connectivity index (χ4n) is 1.58. The van der Waals surface area contributed by atoms with E-state index in [1.807, 2.05) is 13.0 Å². The zero-order chi connectivity index (χ0) is 12.8. The van der Waals surface area contributed by atoms with Gasteiger partial charge in [-0.2, -0.15) is 0 Å². The van der Waals surface area contributed by atoms with Gasteiger partial charge in [-0.25, -0.2) is 0 Å². The average molecular weight is 274 g/mol. The van der Waals surface area contributed by atoms with Crippen molar-refractivity contribution in [1.29, 1.82) is 0 Å². The lowest BCUT2D eigenvalue weighted by Crippen LogP contribution is -2.21. The van der Waals surface area contributed by atoms with E-state index in [4.69, 9.17) is 5.73 Å². The van der Waals surface area contributed by atoms with E-state index >= 15 is 0 Å². The molecule has 0 spiro atoms. The van der Waals surface area contributed by atoms with Crippen LogP contribution in [-0.4, -0.2) is 24.2 Å². The number of ether oxygens (including phenoxy) is 1. The highest BCUT2D eigenvalue weighted by Gasteiger charge is 2.09. The van der Waals surface area contributed by atoms with Crippen molar-refractivity contribution in [3.8, 4) is 5.75 Å².